The fourth-order valence-corrected chi connectivity index (χ4v) is 5.99. The molecule has 0 spiro atoms. The molecule has 256 valence electrons. The van der Waals surface area contributed by atoms with E-state index in [-0.39, 0.29) is 48.0 Å². The molecule has 3 aromatic carbocycles. The van der Waals surface area contributed by atoms with Crippen molar-refractivity contribution in [1.82, 2.24) is 5.32 Å². The number of alkyl halides is 6. The molecule has 9 nitrogen and oxygen atoms in total. The van der Waals surface area contributed by atoms with Gasteiger partial charge in [-0.3, -0.25) is 9.53 Å². The Bertz CT molecular complexity index is 1580. The van der Waals surface area contributed by atoms with Gasteiger partial charge in [0.2, 0.25) is 0 Å². The van der Waals surface area contributed by atoms with Crippen LogP contribution in [0.15, 0.2) is 77.7 Å². The standard InChI is InChI=1S/C31H32F6N2O7S/c1-2-47(42,43)27-13-5-20(6-14-27)28(15-16-40)38-29(41)21-3-7-22(8-4-21)39-18-26(17-23(39)19-44-30(32,33)34)45-24-9-11-25(12-10-24)46-31(35,36)37/h3-14,23,26,28,40H,2,15-19H2,1H3,(H,38,41)/t23-,26-,28-/m0/s1. The Morgan fingerprint density at radius 3 is 2.11 bits per heavy atom. The number of amides is 1. The molecule has 1 aliphatic rings. The number of aliphatic hydroxyl groups excluding tert-OH is 1. The van der Waals surface area contributed by atoms with Crippen LogP contribution in [0.1, 0.15) is 41.7 Å². The second-order valence-electron chi connectivity index (χ2n) is 10.6. The molecule has 0 unspecified atom stereocenters. The molecule has 3 aromatic rings. The molecule has 1 amide bonds. The topological polar surface area (TPSA) is 114 Å². The van der Waals surface area contributed by atoms with Crippen LogP contribution < -0.4 is 19.7 Å². The summed E-state index contributed by atoms with van der Waals surface area (Å²) in [6.07, 6.45) is -10.1. The molecule has 1 aliphatic heterocycles. The maximum absolute atomic E-state index is 13.1. The molecule has 0 aromatic heterocycles. The number of nitrogens with zero attached hydrogens (tertiary/aromatic N) is 1. The van der Waals surface area contributed by atoms with Gasteiger partial charge in [-0.05, 0) is 72.6 Å². The summed E-state index contributed by atoms with van der Waals surface area (Å²) >= 11 is 0. The van der Waals surface area contributed by atoms with E-state index in [1.165, 1.54) is 43.3 Å². The zero-order valence-electron chi connectivity index (χ0n) is 24.9. The zero-order chi connectivity index (χ0) is 34.4. The Morgan fingerprint density at radius 1 is 0.936 bits per heavy atom. The van der Waals surface area contributed by atoms with Crippen LogP contribution in [0, 0.1) is 0 Å². The second-order valence-corrected chi connectivity index (χ2v) is 12.9. The van der Waals surface area contributed by atoms with E-state index in [1.807, 2.05) is 0 Å². The fourth-order valence-electron chi connectivity index (χ4n) is 5.11. The van der Waals surface area contributed by atoms with Gasteiger partial charge in [0, 0.05) is 24.3 Å². The van der Waals surface area contributed by atoms with Crippen molar-refractivity contribution in [3.05, 3.63) is 83.9 Å². The molecular formula is C31H32F6N2O7S. The van der Waals surface area contributed by atoms with Crippen LogP contribution in [0.25, 0.3) is 0 Å². The van der Waals surface area contributed by atoms with E-state index in [4.69, 9.17) is 4.74 Å². The van der Waals surface area contributed by atoms with Crippen LogP contribution in [-0.4, -0.2) is 69.8 Å². The Balaban J connectivity index is 1.45. The lowest BCUT2D eigenvalue weighted by molar-refractivity contribution is -0.325. The number of carbonyl (C=O) groups is 1. The lowest BCUT2D eigenvalue weighted by Gasteiger charge is -2.27. The summed E-state index contributed by atoms with van der Waals surface area (Å²) in [6, 6.07) is 15.2. The first-order chi connectivity index (χ1) is 22.1. The second kappa shape index (κ2) is 14.8. The first kappa shape index (κ1) is 35.8. The predicted molar refractivity (Wildman–Crippen MR) is 158 cm³/mol. The van der Waals surface area contributed by atoms with E-state index < -0.39 is 59.0 Å². The number of anilines is 1. The predicted octanol–water partition coefficient (Wildman–Crippen LogP) is 5.80. The highest BCUT2D eigenvalue weighted by atomic mass is 32.2. The molecule has 0 radical (unpaired) electrons. The SMILES string of the molecule is CCS(=O)(=O)c1ccc([C@H](CCO)NC(=O)c2ccc(N3C[C@@H](Oc4ccc(OC(F)(F)F)cc4)C[C@H]3COC(F)(F)F)cc2)cc1. The van der Waals surface area contributed by atoms with Crippen molar-refractivity contribution in [2.45, 2.75) is 55.6 Å². The van der Waals surface area contributed by atoms with Crippen LogP contribution in [0.2, 0.25) is 0 Å². The third kappa shape index (κ3) is 10.2. The molecule has 47 heavy (non-hydrogen) atoms. The average Bonchev–Trinajstić information content (AvgIpc) is 3.42. The molecule has 4 rings (SSSR count). The van der Waals surface area contributed by atoms with Gasteiger partial charge in [0.05, 0.1) is 35.9 Å². The van der Waals surface area contributed by atoms with E-state index in [2.05, 4.69) is 14.8 Å². The van der Waals surface area contributed by atoms with Crippen molar-refractivity contribution in [3.8, 4) is 11.5 Å². The molecule has 0 aliphatic carbocycles. The highest BCUT2D eigenvalue weighted by Gasteiger charge is 2.38. The summed E-state index contributed by atoms with van der Waals surface area (Å²) in [6.45, 7) is 0.661. The molecule has 1 saturated heterocycles. The molecule has 1 heterocycles. The zero-order valence-corrected chi connectivity index (χ0v) is 25.7. The van der Waals surface area contributed by atoms with Gasteiger partial charge < -0.3 is 24.8 Å². The number of carbonyl (C=O) groups excluding carboxylic acids is 1. The summed E-state index contributed by atoms with van der Waals surface area (Å²) in [7, 11) is -3.42. The number of aliphatic hydroxyl groups is 1. The van der Waals surface area contributed by atoms with Crippen LogP contribution in [0.3, 0.4) is 0 Å². The maximum atomic E-state index is 13.1. The van der Waals surface area contributed by atoms with Crippen molar-refractivity contribution >= 4 is 21.4 Å². The van der Waals surface area contributed by atoms with E-state index >= 15 is 0 Å². The summed E-state index contributed by atoms with van der Waals surface area (Å²) in [5.41, 5.74) is 1.27. The van der Waals surface area contributed by atoms with Crippen molar-refractivity contribution in [2.75, 3.05) is 30.4 Å². The van der Waals surface area contributed by atoms with Crippen molar-refractivity contribution in [2.24, 2.45) is 0 Å². The number of nitrogens with one attached hydrogen (secondary N) is 1. The van der Waals surface area contributed by atoms with Gasteiger partial charge in [0.25, 0.3) is 5.91 Å². The van der Waals surface area contributed by atoms with Crippen molar-refractivity contribution < 1.29 is 58.9 Å². The van der Waals surface area contributed by atoms with E-state index in [0.717, 1.165) is 12.1 Å². The van der Waals surface area contributed by atoms with E-state index in [9.17, 15) is 44.7 Å². The molecule has 0 saturated carbocycles. The minimum absolute atomic E-state index is 0.0711. The van der Waals surface area contributed by atoms with Gasteiger partial charge in [0.15, 0.2) is 9.84 Å². The molecule has 3 atom stereocenters. The van der Waals surface area contributed by atoms with E-state index in [0.29, 0.717) is 11.3 Å². The summed E-state index contributed by atoms with van der Waals surface area (Å²) in [4.78, 5) is 14.9. The van der Waals surface area contributed by atoms with Gasteiger partial charge in [-0.1, -0.05) is 19.1 Å². The summed E-state index contributed by atoms with van der Waals surface area (Å²) < 4.78 is 114. The van der Waals surface area contributed by atoms with Gasteiger partial charge in [-0.15, -0.1) is 26.3 Å². The van der Waals surface area contributed by atoms with Gasteiger partial charge in [-0.25, -0.2) is 8.42 Å². The minimum Gasteiger partial charge on any atom is -0.489 e. The normalized spacial score (nSPS) is 17.7. The lowest BCUT2D eigenvalue weighted by Crippen LogP contribution is -2.35. The van der Waals surface area contributed by atoms with Gasteiger partial charge in [-0.2, -0.15) is 0 Å². The number of hydrogen-bond acceptors (Lipinski definition) is 8. The molecule has 0 bridgehead atoms. The fraction of sp³-hybridized carbons (Fsp3) is 0.387. The molecule has 16 heteroatoms. The summed E-state index contributed by atoms with van der Waals surface area (Å²) in [5, 5.41) is 12.4. The molecule has 1 fully saturated rings. The third-order valence-electron chi connectivity index (χ3n) is 7.38. The number of benzene rings is 3. The Labute approximate surface area is 267 Å². The largest absolute Gasteiger partial charge is 0.573 e. The first-order valence-electron chi connectivity index (χ1n) is 14.4. The van der Waals surface area contributed by atoms with Gasteiger partial charge >= 0.3 is 12.7 Å². The van der Waals surface area contributed by atoms with Crippen LogP contribution in [0.5, 0.6) is 11.5 Å². The smallest absolute Gasteiger partial charge is 0.489 e. The first-order valence-corrected chi connectivity index (χ1v) is 16.1. The van der Waals surface area contributed by atoms with Crippen LogP contribution >= 0.6 is 0 Å². The highest BCUT2D eigenvalue weighted by molar-refractivity contribution is 7.91. The Morgan fingerprint density at radius 2 is 1.55 bits per heavy atom. The maximum Gasteiger partial charge on any atom is 0.573 e. The Hall–Kier alpha value is -4.02. The van der Waals surface area contributed by atoms with Gasteiger partial charge in [0.1, 0.15) is 17.6 Å². The van der Waals surface area contributed by atoms with E-state index in [1.54, 1.807) is 29.2 Å². The monoisotopic (exact) mass is 690 g/mol. The number of rotatable bonds is 13. The highest BCUT2D eigenvalue weighted by Crippen LogP contribution is 2.32. The number of hydrogen-bond donors (Lipinski definition) is 2. The molecular weight excluding hydrogens is 658 g/mol. The number of ether oxygens (including phenoxy) is 3. The van der Waals surface area contributed by atoms with Crippen LogP contribution in [0.4, 0.5) is 32.0 Å². The van der Waals surface area contributed by atoms with Crippen LogP contribution in [-0.2, 0) is 14.6 Å². The average molecular weight is 691 g/mol. The Kier molecular flexibility index (Phi) is 11.3. The summed E-state index contributed by atoms with van der Waals surface area (Å²) in [5.74, 6) is -0.842. The van der Waals surface area contributed by atoms with Crippen molar-refractivity contribution in [1.29, 1.82) is 0 Å². The quantitative estimate of drug-likeness (QED) is 0.217. The molecule has 2 N–H and O–H groups in total. The lowest BCUT2D eigenvalue weighted by atomic mass is 10.0. The minimum atomic E-state index is -4.88. The third-order valence-corrected chi connectivity index (χ3v) is 9.13. The van der Waals surface area contributed by atoms with Crippen molar-refractivity contribution in [3.63, 3.8) is 0 Å². The number of sulfone groups is 1. The number of halogens is 6.